The number of benzene rings is 4. The summed E-state index contributed by atoms with van der Waals surface area (Å²) in [5.74, 6) is -8.50. The van der Waals surface area contributed by atoms with E-state index >= 15 is 0 Å². The summed E-state index contributed by atoms with van der Waals surface area (Å²) in [5, 5.41) is 43.6. The number of carbonyl (C=O) groups is 9. The van der Waals surface area contributed by atoms with Crippen LogP contribution in [-0.4, -0.2) is 143 Å². The summed E-state index contributed by atoms with van der Waals surface area (Å²) in [7, 11) is 3.67. The average Bonchev–Trinajstić information content (AvgIpc) is 3.42. The second kappa shape index (κ2) is 31.8. The Bertz CT molecular complexity index is 2780. The van der Waals surface area contributed by atoms with E-state index < -0.39 is 108 Å². The number of hydrogen-bond acceptors (Lipinski definition) is 15. The summed E-state index contributed by atoms with van der Waals surface area (Å²) >= 11 is 12.1. The van der Waals surface area contributed by atoms with Crippen molar-refractivity contribution in [2.24, 2.45) is 17.2 Å². The number of amides is 9. The molecule has 1 aliphatic heterocycles. The molecule has 4 aromatic rings. The number of nitrogens with one attached hydrogen (secondary N) is 8. The van der Waals surface area contributed by atoms with Gasteiger partial charge in [0, 0.05) is 46.4 Å². The Balaban J connectivity index is 1.58. The Morgan fingerprint density at radius 2 is 1.15 bits per heavy atom. The van der Waals surface area contributed by atoms with Gasteiger partial charge in [-0.2, -0.15) is 0 Å². The fraction of sp³-hybridized carbons (Fsp3) is 0.389. The van der Waals surface area contributed by atoms with E-state index in [1.54, 1.807) is 55.6 Å². The monoisotopic (exact) mass is 1180 g/mol. The van der Waals surface area contributed by atoms with Crippen LogP contribution in [0.25, 0.3) is 0 Å². The number of primary amides is 2. The van der Waals surface area contributed by atoms with E-state index in [0.29, 0.717) is 51.7 Å². The van der Waals surface area contributed by atoms with Gasteiger partial charge in [0.05, 0.1) is 12.1 Å². The number of nitrogens with two attached hydrogens (primary N) is 3. The van der Waals surface area contributed by atoms with Crippen molar-refractivity contribution in [2.45, 2.75) is 106 Å². The smallest absolute Gasteiger partial charge is 0.248 e. The Morgan fingerprint density at radius 1 is 0.650 bits per heavy atom. The molecule has 9 atom stereocenters. The molecule has 0 spiro atoms. The van der Waals surface area contributed by atoms with Crippen molar-refractivity contribution in [2.75, 3.05) is 25.1 Å². The first kappa shape index (κ1) is 63.9. The van der Waals surface area contributed by atoms with Crippen LogP contribution < -0.4 is 59.7 Å². The molecular weight excluding hydrogens is 1110 g/mol. The van der Waals surface area contributed by atoms with Crippen molar-refractivity contribution in [3.63, 3.8) is 0 Å². The Hall–Kier alpha value is -6.93. The van der Waals surface area contributed by atoms with Gasteiger partial charge in [0.1, 0.15) is 48.0 Å². The molecule has 1 fully saturated rings. The lowest BCUT2D eigenvalue weighted by molar-refractivity contribution is -0.136. The second-order valence-electron chi connectivity index (χ2n) is 19.1. The number of aliphatic hydroxyl groups is 1. The van der Waals surface area contributed by atoms with Crippen molar-refractivity contribution >= 4 is 98.0 Å². The minimum atomic E-state index is -1.74. The average molecular weight is 1180 g/mol. The number of halogens is 2. The van der Waals surface area contributed by atoms with E-state index in [9.17, 15) is 53.4 Å². The summed E-state index contributed by atoms with van der Waals surface area (Å²) in [6.07, 6.45) is -1.19. The number of hydrogen-bond donors (Lipinski definition) is 13. The van der Waals surface area contributed by atoms with Crippen LogP contribution in [0.2, 0.25) is 10.0 Å². The molecule has 1 saturated heterocycles. The summed E-state index contributed by atoms with van der Waals surface area (Å²) in [4.78, 5) is 126. The number of unbranched alkanes of at least 4 members (excludes halogenated alkanes) is 1. The SMILES string of the molecule is CNCCCC[C@@H]1NC(=O)[C@@H](Cc2ccc(C(N)=O)cc2)NC(=O)[C@H](Cc2ccc(O)cc2)NC(=O)[C@H](NC(=O)[C@@H](N)Cc2ccc(Cl)cc2)CSSC[C@@H](C(=O)N[C@H](Cc2ccc(Cl)cc2)C(N)=O)NC(=O)[C@H]([C@@H](C)O)NC1=O. The highest BCUT2D eigenvalue weighted by Crippen LogP contribution is 2.24. The third kappa shape index (κ3) is 20.6. The molecule has 430 valence electrons. The minimum absolute atomic E-state index is 0.00159. The zero-order valence-corrected chi connectivity index (χ0v) is 47.0. The van der Waals surface area contributed by atoms with Gasteiger partial charge in [-0.25, -0.2) is 0 Å². The highest BCUT2D eigenvalue weighted by Gasteiger charge is 2.36. The topological polar surface area (TPSA) is 368 Å². The minimum Gasteiger partial charge on any atom is -0.508 e. The molecule has 1 heterocycles. The maximum atomic E-state index is 14.8. The third-order valence-corrected chi connectivity index (χ3v) is 15.6. The van der Waals surface area contributed by atoms with E-state index in [1.165, 1.54) is 55.5 Å². The molecule has 1 aliphatic rings. The van der Waals surface area contributed by atoms with Crippen LogP contribution in [0.5, 0.6) is 5.75 Å². The zero-order valence-electron chi connectivity index (χ0n) is 43.9. The predicted molar refractivity (Wildman–Crippen MR) is 306 cm³/mol. The summed E-state index contributed by atoms with van der Waals surface area (Å²) < 4.78 is 0. The van der Waals surface area contributed by atoms with Gasteiger partial charge in [-0.05, 0) is 117 Å². The highest BCUT2D eigenvalue weighted by atomic mass is 35.5. The maximum Gasteiger partial charge on any atom is 0.248 e. The van der Waals surface area contributed by atoms with Gasteiger partial charge < -0.3 is 69.9 Å². The van der Waals surface area contributed by atoms with Crippen LogP contribution in [0.1, 0.15) is 58.8 Å². The van der Waals surface area contributed by atoms with Crippen LogP contribution in [-0.2, 0) is 64.0 Å². The summed E-state index contributed by atoms with van der Waals surface area (Å²) in [6, 6.07) is 13.2. The quantitative estimate of drug-likeness (QED) is 0.0422. The van der Waals surface area contributed by atoms with Gasteiger partial charge in [-0.15, -0.1) is 0 Å². The van der Waals surface area contributed by atoms with Crippen LogP contribution >= 0.6 is 44.8 Å². The molecule has 0 aliphatic carbocycles. The molecule has 16 N–H and O–H groups in total. The number of aromatic hydroxyl groups is 1. The van der Waals surface area contributed by atoms with Crippen LogP contribution in [0.15, 0.2) is 97.1 Å². The molecule has 22 nitrogen and oxygen atoms in total. The van der Waals surface area contributed by atoms with E-state index in [0.717, 1.165) is 21.6 Å². The number of rotatable bonds is 20. The Kier molecular flexibility index (Phi) is 25.4. The number of phenols is 1. The van der Waals surface area contributed by atoms with Crippen LogP contribution in [0.4, 0.5) is 0 Å². The first-order chi connectivity index (χ1) is 38.1. The van der Waals surface area contributed by atoms with E-state index in [-0.39, 0.29) is 54.9 Å². The molecule has 26 heteroatoms. The van der Waals surface area contributed by atoms with Gasteiger partial charge in [0.15, 0.2) is 0 Å². The van der Waals surface area contributed by atoms with Gasteiger partial charge in [0.25, 0.3) is 0 Å². The number of carbonyl (C=O) groups excluding carboxylic acids is 9. The van der Waals surface area contributed by atoms with Crippen LogP contribution in [0, 0.1) is 0 Å². The van der Waals surface area contributed by atoms with Crippen molar-refractivity contribution < 1.29 is 53.4 Å². The number of aliphatic hydroxyl groups excluding tert-OH is 1. The van der Waals surface area contributed by atoms with Gasteiger partial charge >= 0.3 is 0 Å². The largest absolute Gasteiger partial charge is 0.508 e. The van der Waals surface area contributed by atoms with Crippen molar-refractivity contribution in [1.29, 1.82) is 0 Å². The first-order valence-electron chi connectivity index (χ1n) is 25.5. The van der Waals surface area contributed by atoms with Crippen molar-refractivity contribution in [3.8, 4) is 5.75 Å². The van der Waals surface area contributed by atoms with Crippen molar-refractivity contribution in [3.05, 3.63) is 135 Å². The molecule has 0 saturated carbocycles. The molecule has 4 aromatic carbocycles. The third-order valence-electron chi connectivity index (χ3n) is 12.7. The molecule has 0 bridgehead atoms. The second-order valence-corrected chi connectivity index (χ2v) is 22.5. The molecule has 80 heavy (non-hydrogen) atoms. The fourth-order valence-corrected chi connectivity index (χ4v) is 10.8. The lowest BCUT2D eigenvalue weighted by atomic mass is 10.00. The van der Waals surface area contributed by atoms with Gasteiger partial charge in [0.2, 0.25) is 53.2 Å². The standard InChI is InChI=1S/C54H67Cl2N11O11S2/c1-29(68)45-54(78)66-44(52(76)62-40(47(59)71)24-32-10-18-36(56)19-11-32)28-80-79-27-43(65-48(72)38(57)23-30-8-16-35(55)17-9-30)53(77)64-42(26-33-12-20-37(69)21-13-33)51(75)63-41(25-31-6-14-34(15-7-31)46(58)70)50(74)61-39(49(73)67-45)5-3-4-22-60-2/h6-21,29,38-45,60,68-69H,3-5,22-28,57H2,1-2H3,(H2,58,70)(H2,59,71)(H,61,74)(H,62,76)(H,63,75)(H,64,77)(H,65,72)(H,66,78)(H,67,73)/t29-,38+,39+,40-,41-,42+,43-,44+,45+/m1/s1. The fourth-order valence-electron chi connectivity index (χ4n) is 8.18. The van der Waals surface area contributed by atoms with Gasteiger partial charge in [-0.1, -0.05) is 93.3 Å². The molecule has 5 rings (SSSR count). The molecular formula is C54H67Cl2N11O11S2. The lowest BCUT2D eigenvalue weighted by Gasteiger charge is -2.29. The summed E-state index contributed by atoms with van der Waals surface area (Å²) in [6.45, 7) is 1.76. The van der Waals surface area contributed by atoms with E-state index in [1.807, 2.05) is 0 Å². The molecule has 0 radical (unpaired) electrons. The lowest BCUT2D eigenvalue weighted by Crippen LogP contribution is -2.62. The Morgan fingerprint density at radius 3 is 1.69 bits per heavy atom. The van der Waals surface area contributed by atoms with E-state index in [2.05, 4.69) is 42.5 Å². The van der Waals surface area contributed by atoms with Crippen molar-refractivity contribution in [1.82, 2.24) is 42.5 Å². The summed E-state index contributed by atoms with van der Waals surface area (Å²) in [5.41, 5.74) is 19.9. The maximum absolute atomic E-state index is 14.8. The first-order valence-corrected chi connectivity index (χ1v) is 28.7. The van der Waals surface area contributed by atoms with Crippen LogP contribution in [0.3, 0.4) is 0 Å². The highest BCUT2D eigenvalue weighted by molar-refractivity contribution is 8.76. The normalized spacial score (nSPS) is 20.9. The number of phenolic OH excluding ortho intramolecular Hbond substituents is 1. The molecule has 0 aromatic heterocycles. The van der Waals surface area contributed by atoms with E-state index in [4.69, 9.17) is 40.4 Å². The molecule has 9 amide bonds. The zero-order chi connectivity index (χ0) is 58.5. The predicted octanol–water partition coefficient (Wildman–Crippen LogP) is 0.440. The molecule has 0 unspecified atom stereocenters. The van der Waals surface area contributed by atoms with Gasteiger partial charge in [-0.3, -0.25) is 43.2 Å². The Labute approximate surface area is 480 Å².